The van der Waals surface area contributed by atoms with Crippen molar-refractivity contribution in [2.75, 3.05) is 20.9 Å². The quantitative estimate of drug-likeness (QED) is 0.0313. The van der Waals surface area contributed by atoms with Crippen LogP contribution < -0.4 is 20.9 Å². The van der Waals surface area contributed by atoms with E-state index in [-0.39, 0.29) is 72.3 Å². The summed E-state index contributed by atoms with van der Waals surface area (Å²) in [6, 6.07) is 47.1. The molecule has 0 aliphatic heterocycles. The van der Waals surface area contributed by atoms with Crippen LogP contribution in [0.15, 0.2) is 259 Å². The van der Waals surface area contributed by atoms with E-state index in [1.807, 2.05) is 85.8 Å². The zero-order valence-corrected chi connectivity index (χ0v) is 63.8. The first kappa shape index (κ1) is 78.8. The van der Waals surface area contributed by atoms with Crippen LogP contribution >= 0.6 is 56.9 Å². The molecule has 0 aliphatic carbocycles. The smallest absolute Gasteiger partial charge is 0.339 e. The number of rotatable bonds is 23. The largest absolute Gasteiger partial charge is 0.478 e. The summed E-state index contributed by atoms with van der Waals surface area (Å²) in [4.78, 5) is 124. The van der Waals surface area contributed by atoms with Gasteiger partial charge in [-0.1, -0.05) is 103 Å². The minimum absolute atomic E-state index is 0.00383. The monoisotopic (exact) mass is 1630 g/mol. The maximum absolute atomic E-state index is 13.4. The summed E-state index contributed by atoms with van der Waals surface area (Å²) in [6.45, 7) is 2.58. The number of hydrogen-bond acceptors (Lipinski definition) is 22. The third-order valence-corrected chi connectivity index (χ3v) is 21.1. The fourth-order valence-corrected chi connectivity index (χ4v) is 15.7. The van der Waals surface area contributed by atoms with Gasteiger partial charge in [-0.05, 0) is 97.6 Å². The van der Waals surface area contributed by atoms with E-state index in [1.165, 1.54) is 43.8 Å². The van der Waals surface area contributed by atoms with Gasteiger partial charge in [-0.25, -0.2) is 43.7 Å². The fourth-order valence-electron chi connectivity index (χ4n) is 11.6. The molecule has 0 atom stereocenters. The van der Waals surface area contributed by atoms with Crippen LogP contribution in [-0.2, 0) is 29.0 Å². The highest BCUT2D eigenvalue weighted by Gasteiger charge is 2.33. The number of para-hydroxylation sites is 3. The molecule has 0 unspecified atom stereocenters. The van der Waals surface area contributed by atoms with Crippen molar-refractivity contribution in [1.29, 1.82) is 0 Å². The van der Waals surface area contributed by atoms with Gasteiger partial charge in [-0.3, -0.25) is 28.7 Å². The van der Waals surface area contributed by atoms with E-state index in [4.69, 9.17) is 29.3 Å². The Labute approximate surface area is 671 Å². The van der Waals surface area contributed by atoms with Crippen molar-refractivity contribution < 1.29 is 81.2 Å². The average Bonchev–Trinajstić information content (AvgIpc) is 1.67. The fraction of sp³-hybridized carbons (Fsp3) is 0.0732. The van der Waals surface area contributed by atoms with Gasteiger partial charge in [-0.15, -0.1) is 45.3 Å². The molecule has 5 amide bonds. The van der Waals surface area contributed by atoms with Crippen LogP contribution in [0.3, 0.4) is 0 Å². The number of imide groups is 1. The molecule has 115 heavy (non-hydrogen) atoms. The van der Waals surface area contributed by atoms with Gasteiger partial charge >= 0.3 is 29.8 Å². The SMILES string of the molecule is CCn1ccc(-c2csc(N(C(=O)CCc3ccccc3)C(=O)CCc3ccccc3)c2C(=O)O)n1.O=C(Nc1scc(-c2ccoc2)c1C(=O)O)c1cc2ccccc2o1.O=C(Nc1scc(-c2ccoc2)c1C(=O)O)c1nc2ccccc2o1.O=C(Nc1scc(-c2cnn(-c3ccc(Cl)cc3)c2)c1C(=O)O)c1cncnc1. The zero-order chi connectivity index (χ0) is 80.7. The number of nitrogens with zero attached hydrogens (tertiary/aromatic N) is 8. The number of nitrogens with one attached hydrogen (secondary N) is 3. The van der Waals surface area contributed by atoms with E-state index >= 15 is 0 Å². The van der Waals surface area contributed by atoms with Crippen molar-refractivity contribution in [3.05, 3.63) is 297 Å². The van der Waals surface area contributed by atoms with E-state index in [1.54, 1.807) is 128 Å². The highest BCUT2D eigenvalue weighted by molar-refractivity contribution is 7.16. The van der Waals surface area contributed by atoms with Crippen LogP contribution in [0.25, 0.3) is 72.4 Å². The molecule has 11 heterocycles. The van der Waals surface area contributed by atoms with Crippen LogP contribution in [0.4, 0.5) is 20.0 Å². The topological polar surface area (TPSA) is 401 Å². The molecule has 0 saturated carbocycles. The predicted molar refractivity (Wildman–Crippen MR) is 433 cm³/mol. The molecule has 0 radical (unpaired) electrons. The van der Waals surface area contributed by atoms with Crippen LogP contribution in [0.1, 0.15) is 104 Å². The summed E-state index contributed by atoms with van der Waals surface area (Å²) in [5.41, 5.74) is 8.69. The molecule has 11 aromatic heterocycles. The van der Waals surface area contributed by atoms with E-state index in [9.17, 15) is 63.6 Å². The Morgan fingerprint density at radius 3 is 1.56 bits per heavy atom. The lowest BCUT2D eigenvalue weighted by molar-refractivity contribution is -0.126. The summed E-state index contributed by atoms with van der Waals surface area (Å²) in [6.07, 6.45) is 16.0. The number of carboxylic acid groups (broad SMARTS) is 4. The number of oxazole rings is 1. The Hall–Kier alpha value is -14.3. The molecule has 16 aromatic rings. The maximum atomic E-state index is 13.4. The molecule has 0 saturated heterocycles. The number of benzene rings is 5. The molecule has 576 valence electrons. The third-order valence-electron chi connectivity index (χ3n) is 17.2. The number of carbonyl (C=O) groups excluding carboxylic acids is 5. The summed E-state index contributed by atoms with van der Waals surface area (Å²) in [5.74, 6) is -7.09. The molecule has 16 rings (SSSR count). The van der Waals surface area contributed by atoms with Crippen molar-refractivity contribution in [3.63, 3.8) is 0 Å². The standard InChI is InChI=1S/C28H27N3O4S.C19H12ClN5O3S.C18H11NO5S.C17H10N2O5S/c1-2-30-18-17-23(29-30)22-19-36-27(26(22)28(34)35)31(24(32)15-13-20-9-5-3-6-10-20)25(33)16-14-21-11-7-4-8-12-21;20-13-1-3-14(4-2-13)25-8-12(7-23-25)15-9-29-18(16(15)19(27)28)24-17(26)11-5-21-10-22-6-11;20-16(14-7-10-3-1-2-4-13(10)24-14)19-17-15(18(21)22)12(9-25-17)11-5-6-23-8-11;20-14(15-18-11-3-1-2-4-12(11)24-15)19-16-13(17(21)22)10(8-25-16)9-5-6-23-7-9/h3-12,17-19H,2,13-16H2,1H3,(H,34,35);1-10H,(H,24,26)(H,27,28);1-9H,(H,19,20)(H,21,22);1-8H,(H,19,20)(H,21,22). The number of thiophene rings is 4. The number of aromatic nitrogens is 7. The number of hydrogen-bond donors (Lipinski definition) is 7. The Kier molecular flexibility index (Phi) is 24.8. The van der Waals surface area contributed by atoms with Crippen molar-refractivity contribution in [3.8, 4) is 50.3 Å². The zero-order valence-electron chi connectivity index (χ0n) is 59.8. The van der Waals surface area contributed by atoms with Gasteiger partial charge in [0.25, 0.3) is 17.7 Å². The van der Waals surface area contributed by atoms with Crippen LogP contribution in [0.5, 0.6) is 0 Å². The Morgan fingerprint density at radius 1 is 0.522 bits per heavy atom. The van der Waals surface area contributed by atoms with Crippen LogP contribution in [0, 0.1) is 0 Å². The van der Waals surface area contributed by atoms with Gasteiger partial charge in [0, 0.05) is 115 Å². The van der Waals surface area contributed by atoms with E-state index < -0.39 is 53.4 Å². The van der Waals surface area contributed by atoms with Gasteiger partial charge < -0.3 is 54.0 Å². The number of furan rings is 3. The minimum Gasteiger partial charge on any atom is -0.478 e. The number of carbonyl (C=O) groups is 9. The molecule has 5 aromatic carbocycles. The molecule has 33 heteroatoms. The first-order valence-corrected chi connectivity index (χ1v) is 38.4. The molecule has 28 nitrogen and oxygen atoms in total. The van der Waals surface area contributed by atoms with Crippen LogP contribution in [-0.4, -0.2) is 108 Å². The summed E-state index contributed by atoms with van der Waals surface area (Å²) in [5, 5.41) is 64.3. The first-order chi connectivity index (χ1) is 55.8. The van der Waals surface area contributed by atoms with E-state index in [0.717, 1.165) is 72.4 Å². The Balaban J connectivity index is 0.000000135. The number of fused-ring (bicyclic) bond motifs is 2. The number of halogens is 1. The second-order valence-corrected chi connectivity index (χ2v) is 28.5. The normalized spacial score (nSPS) is 10.8. The van der Waals surface area contributed by atoms with Gasteiger partial charge in [-0.2, -0.15) is 10.2 Å². The maximum Gasteiger partial charge on any atom is 0.339 e. The predicted octanol–water partition coefficient (Wildman–Crippen LogP) is 18.3. The number of aromatic carboxylic acids is 4. The number of amides is 5. The highest BCUT2D eigenvalue weighted by atomic mass is 35.5. The molecule has 0 aliphatic rings. The highest BCUT2D eigenvalue weighted by Crippen LogP contribution is 2.42. The molecule has 0 bridgehead atoms. The third kappa shape index (κ3) is 18.7. The molecule has 7 N–H and O–H groups in total. The number of anilines is 4. The second kappa shape index (κ2) is 36.2. The Morgan fingerprint density at radius 2 is 1.03 bits per heavy atom. The van der Waals surface area contributed by atoms with Crippen molar-refractivity contribution in [1.82, 2.24) is 34.5 Å². The first-order valence-electron chi connectivity index (χ1n) is 34.5. The summed E-state index contributed by atoms with van der Waals surface area (Å²) in [7, 11) is 0. The molecule has 0 spiro atoms. The van der Waals surface area contributed by atoms with E-state index in [0.29, 0.717) is 85.7 Å². The van der Waals surface area contributed by atoms with Gasteiger partial charge in [0.1, 0.15) is 59.7 Å². The lowest BCUT2D eigenvalue weighted by Gasteiger charge is -2.21. The molecule has 0 fully saturated rings. The van der Waals surface area contributed by atoms with Crippen LogP contribution in [0.2, 0.25) is 5.02 Å². The molecular weight excluding hydrogens is 1570 g/mol. The summed E-state index contributed by atoms with van der Waals surface area (Å²) >= 11 is 10.4. The van der Waals surface area contributed by atoms with Gasteiger partial charge in [0.15, 0.2) is 11.3 Å². The summed E-state index contributed by atoms with van der Waals surface area (Å²) < 4.78 is 24.2. The lowest BCUT2D eigenvalue weighted by atomic mass is 10.1. The van der Waals surface area contributed by atoms with Crippen molar-refractivity contribution in [2.24, 2.45) is 0 Å². The average molecular weight is 1640 g/mol. The van der Waals surface area contributed by atoms with Gasteiger partial charge in [0.05, 0.1) is 48.2 Å². The second-order valence-electron chi connectivity index (χ2n) is 24.6. The Bertz CT molecular complexity index is 5890. The minimum atomic E-state index is -1.20. The van der Waals surface area contributed by atoms with E-state index in [2.05, 4.69) is 41.1 Å². The van der Waals surface area contributed by atoms with Crippen molar-refractivity contribution >= 4 is 152 Å². The number of aryl methyl sites for hydroxylation is 3. The van der Waals surface area contributed by atoms with Crippen molar-refractivity contribution in [2.45, 2.75) is 39.2 Å². The van der Waals surface area contributed by atoms with Gasteiger partial charge in [0.2, 0.25) is 11.8 Å². The number of carboxylic acids is 4. The molecular formula is C82H60ClN11O17S4. The lowest BCUT2D eigenvalue weighted by Crippen LogP contribution is -2.37.